The first-order valence-electron chi connectivity index (χ1n) is 10.3. The van der Waals surface area contributed by atoms with E-state index in [2.05, 4.69) is 5.32 Å². The number of hydrogen-bond acceptors (Lipinski definition) is 6. The molecule has 168 valence electrons. The smallest absolute Gasteiger partial charge is 0.294 e. The molecule has 1 fully saturated rings. The molecular formula is C25H22N2O5S. The lowest BCUT2D eigenvalue weighted by molar-refractivity contribution is -0.127. The third kappa shape index (κ3) is 4.85. The second kappa shape index (κ2) is 9.79. The average Bonchev–Trinajstić information content (AvgIpc) is 3.08. The number of nitrogens with one attached hydrogen (secondary N) is 1. The Labute approximate surface area is 195 Å². The van der Waals surface area contributed by atoms with Crippen LogP contribution in [0.4, 0.5) is 10.5 Å². The molecule has 0 aliphatic carbocycles. The van der Waals surface area contributed by atoms with Crippen LogP contribution in [0.2, 0.25) is 0 Å². The van der Waals surface area contributed by atoms with Crippen LogP contribution in [0.15, 0.2) is 65.6 Å². The molecule has 33 heavy (non-hydrogen) atoms. The first-order chi connectivity index (χ1) is 16.0. The lowest BCUT2D eigenvalue weighted by Gasteiger charge is -2.13. The van der Waals surface area contributed by atoms with Gasteiger partial charge in [-0.1, -0.05) is 30.3 Å². The predicted molar refractivity (Wildman–Crippen MR) is 129 cm³/mol. The van der Waals surface area contributed by atoms with Gasteiger partial charge in [-0.25, -0.2) is 0 Å². The maximum atomic E-state index is 12.9. The number of fused-ring (bicyclic) bond motifs is 1. The van der Waals surface area contributed by atoms with Crippen molar-refractivity contribution in [2.75, 3.05) is 25.6 Å². The van der Waals surface area contributed by atoms with E-state index in [1.54, 1.807) is 37.5 Å². The summed E-state index contributed by atoms with van der Waals surface area (Å²) in [6, 6.07) is 18.3. The van der Waals surface area contributed by atoms with Gasteiger partial charge in [-0.05, 0) is 65.9 Å². The van der Waals surface area contributed by atoms with Crippen molar-refractivity contribution in [1.82, 2.24) is 4.90 Å². The fourth-order valence-corrected chi connectivity index (χ4v) is 4.34. The van der Waals surface area contributed by atoms with E-state index >= 15 is 0 Å². The second-order valence-electron chi connectivity index (χ2n) is 7.18. The molecular weight excluding hydrogens is 440 g/mol. The van der Waals surface area contributed by atoms with E-state index in [-0.39, 0.29) is 11.4 Å². The number of carbonyl (C=O) groups is 3. The Morgan fingerprint density at radius 3 is 2.55 bits per heavy atom. The van der Waals surface area contributed by atoms with Crippen LogP contribution in [-0.2, 0) is 9.59 Å². The Kier molecular flexibility index (Phi) is 6.65. The van der Waals surface area contributed by atoms with Crippen LogP contribution in [0, 0.1) is 0 Å². The van der Waals surface area contributed by atoms with E-state index in [1.165, 1.54) is 0 Å². The number of thioether (sulfide) groups is 1. The van der Waals surface area contributed by atoms with Crippen LogP contribution in [0.5, 0.6) is 11.5 Å². The van der Waals surface area contributed by atoms with Gasteiger partial charge in [0.05, 0.1) is 18.6 Å². The summed E-state index contributed by atoms with van der Waals surface area (Å²) < 4.78 is 10.8. The van der Waals surface area contributed by atoms with Crippen LogP contribution in [-0.4, -0.2) is 42.2 Å². The quantitative estimate of drug-likeness (QED) is 0.502. The van der Waals surface area contributed by atoms with Crippen LogP contribution < -0.4 is 14.8 Å². The molecule has 3 aromatic rings. The van der Waals surface area contributed by atoms with Crippen molar-refractivity contribution in [3.8, 4) is 11.5 Å². The number of imide groups is 1. The molecule has 0 spiro atoms. The Balaban J connectivity index is 1.52. The highest BCUT2D eigenvalue weighted by molar-refractivity contribution is 8.18. The highest BCUT2D eigenvalue weighted by atomic mass is 32.2. The zero-order chi connectivity index (χ0) is 23.4. The molecule has 0 atom stereocenters. The largest absolute Gasteiger partial charge is 0.496 e. The van der Waals surface area contributed by atoms with Gasteiger partial charge in [0.1, 0.15) is 18.0 Å². The number of anilines is 1. The minimum atomic E-state index is -0.512. The molecule has 1 heterocycles. The topological polar surface area (TPSA) is 84.9 Å². The fraction of sp³-hybridized carbons (Fsp3) is 0.160. The lowest BCUT2D eigenvalue weighted by Crippen LogP contribution is -2.36. The van der Waals surface area contributed by atoms with Gasteiger partial charge in [0.2, 0.25) is 5.91 Å². The molecule has 0 aromatic heterocycles. The zero-order valence-corrected chi connectivity index (χ0v) is 19.0. The minimum absolute atomic E-state index is 0.239. The average molecular weight is 463 g/mol. The summed E-state index contributed by atoms with van der Waals surface area (Å²) >= 11 is 0.807. The molecule has 8 heteroatoms. The number of nitrogens with zero attached hydrogens (tertiary/aromatic N) is 1. The highest BCUT2D eigenvalue weighted by Gasteiger charge is 2.36. The molecule has 0 bridgehead atoms. The Bertz CT molecular complexity index is 1250. The lowest BCUT2D eigenvalue weighted by atomic mass is 10.0. The van der Waals surface area contributed by atoms with Crippen LogP contribution >= 0.6 is 11.8 Å². The van der Waals surface area contributed by atoms with Crippen LogP contribution in [0.25, 0.3) is 16.8 Å². The van der Waals surface area contributed by atoms with Crippen molar-refractivity contribution < 1.29 is 23.9 Å². The number of methoxy groups -OCH3 is 1. The number of rotatable bonds is 7. The van der Waals surface area contributed by atoms with Crippen LogP contribution in [0.3, 0.4) is 0 Å². The zero-order valence-electron chi connectivity index (χ0n) is 18.2. The van der Waals surface area contributed by atoms with Gasteiger partial charge in [0.15, 0.2) is 0 Å². The molecule has 1 aliphatic heterocycles. The monoisotopic (exact) mass is 462 g/mol. The van der Waals surface area contributed by atoms with Crippen molar-refractivity contribution in [2.24, 2.45) is 0 Å². The standard InChI is InChI=1S/C25H22N2O5S/c1-3-32-18-11-9-17(10-12-18)26-23(28)15-27-24(29)22(33-25(27)30)14-20-19-7-5-4-6-16(19)8-13-21(20)31-2/h4-14H,3,15H2,1-2H3,(H,26,28)/b22-14-. The number of hydrogen-bond donors (Lipinski definition) is 1. The molecule has 1 N–H and O–H groups in total. The summed E-state index contributed by atoms with van der Waals surface area (Å²) in [5, 5.41) is 4.09. The minimum Gasteiger partial charge on any atom is -0.496 e. The third-order valence-electron chi connectivity index (χ3n) is 5.05. The van der Waals surface area contributed by atoms with Gasteiger partial charge >= 0.3 is 0 Å². The summed E-state index contributed by atoms with van der Waals surface area (Å²) in [6.45, 7) is 2.06. The maximum Gasteiger partial charge on any atom is 0.294 e. The number of ether oxygens (including phenoxy) is 2. The molecule has 4 rings (SSSR count). The molecule has 1 saturated heterocycles. The third-order valence-corrected chi connectivity index (χ3v) is 5.96. The van der Waals surface area contributed by atoms with Crippen molar-refractivity contribution >= 4 is 51.4 Å². The van der Waals surface area contributed by atoms with E-state index in [1.807, 2.05) is 43.3 Å². The molecule has 7 nitrogen and oxygen atoms in total. The summed E-state index contributed by atoms with van der Waals surface area (Å²) in [5.74, 6) is 0.302. The second-order valence-corrected chi connectivity index (χ2v) is 8.17. The Hall–Kier alpha value is -3.78. The van der Waals surface area contributed by atoms with Gasteiger partial charge in [0.25, 0.3) is 11.1 Å². The van der Waals surface area contributed by atoms with E-state index in [4.69, 9.17) is 9.47 Å². The molecule has 0 unspecified atom stereocenters. The summed E-state index contributed by atoms with van der Waals surface area (Å²) in [6.07, 6.45) is 1.65. The van der Waals surface area contributed by atoms with E-state index in [0.29, 0.717) is 29.4 Å². The summed E-state index contributed by atoms with van der Waals surface area (Å²) in [5.41, 5.74) is 1.26. The molecule has 1 aliphatic rings. The molecule has 3 aromatic carbocycles. The van der Waals surface area contributed by atoms with Crippen molar-refractivity contribution in [3.63, 3.8) is 0 Å². The Morgan fingerprint density at radius 2 is 1.82 bits per heavy atom. The number of amides is 3. The van der Waals surface area contributed by atoms with Gasteiger partial charge in [-0.3, -0.25) is 19.3 Å². The predicted octanol–water partition coefficient (Wildman–Crippen LogP) is 4.92. The van der Waals surface area contributed by atoms with E-state index in [0.717, 1.165) is 27.4 Å². The molecule has 0 saturated carbocycles. The van der Waals surface area contributed by atoms with Gasteiger partial charge in [-0.15, -0.1) is 0 Å². The number of carbonyl (C=O) groups excluding carboxylic acids is 3. The number of benzene rings is 3. The SMILES string of the molecule is CCOc1ccc(NC(=O)CN2C(=O)S/C(=C\c3c(OC)ccc4ccccc34)C2=O)cc1. The van der Waals surface area contributed by atoms with Gasteiger partial charge in [0, 0.05) is 11.3 Å². The van der Waals surface area contributed by atoms with E-state index in [9.17, 15) is 14.4 Å². The molecule has 0 radical (unpaired) electrons. The first-order valence-corrected chi connectivity index (χ1v) is 11.2. The Morgan fingerprint density at radius 1 is 1.06 bits per heavy atom. The van der Waals surface area contributed by atoms with Crippen molar-refractivity contribution in [1.29, 1.82) is 0 Å². The summed E-state index contributed by atoms with van der Waals surface area (Å²) in [7, 11) is 1.55. The van der Waals surface area contributed by atoms with Crippen molar-refractivity contribution in [3.05, 3.63) is 71.1 Å². The van der Waals surface area contributed by atoms with Gasteiger partial charge in [-0.2, -0.15) is 0 Å². The molecule has 3 amide bonds. The van der Waals surface area contributed by atoms with Crippen LogP contribution in [0.1, 0.15) is 12.5 Å². The fourth-order valence-electron chi connectivity index (χ4n) is 3.52. The van der Waals surface area contributed by atoms with Gasteiger partial charge < -0.3 is 14.8 Å². The maximum absolute atomic E-state index is 12.9. The normalized spacial score (nSPS) is 14.7. The van der Waals surface area contributed by atoms with Crippen molar-refractivity contribution in [2.45, 2.75) is 6.92 Å². The summed E-state index contributed by atoms with van der Waals surface area (Å²) in [4.78, 5) is 39.1. The van der Waals surface area contributed by atoms with E-state index < -0.39 is 17.1 Å². The highest BCUT2D eigenvalue weighted by Crippen LogP contribution is 2.36. The first kappa shape index (κ1) is 22.4.